The highest BCUT2D eigenvalue weighted by molar-refractivity contribution is 5.83. The van der Waals surface area contributed by atoms with Crippen LogP contribution in [0.25, 0.3) is 0 Å². The van der Waals surface area contributed by atoms with Crippen LogP contribution in [0, 0.1) is 11.3 Å². The van der Waals surface area contributed by atoms with Crippen LogP contribution in [0.5, 0.6) is 17.4 Å². The summed E-state index contributed by atoms with van der Waals surface area (Å²) in [5.74, 6) is 1.57. The van der Waals surface area contributed by atoms with E-state index in [-0.39, 0.29) is 18.1 Å². The van der Waals surface area contributed by atoms with Crippen molar-refractivity contribution in [1.82, 2.24) is 9.88 Å². The topological polar surface area (TPSA) is 84.7 Å². The zero-order chi connectivity index (χ0) is 18.1. The Morgan fingerprint density at radius 3 is 2.62 bits per heavy atom. The molecular weight excluding hydrogens is 334 g/mol. The summed E-state index contributed by atoms with van der Waals surface area (Å²) in [6.45, 7) is 2.76. The van der Waals surface area contributed by atoms with E-state index in [9.17, 15) is 4.79 Å². The molecule has 2 aliphatic rings. The third-order valence-corrected chi connectivity index (χ3v) is 4.40. The largest absolute Gasteiger partial charge is 0.482 e. The summed E-state index contributed by atoms with van der Waals surface area (Å²) in [5.41, 5.74) is 0.478. The molecule has 7 heteroatoms. The average molecular weight is 351 g/mol. The lowest BCUT2D eigenvalue weighted by molar-refractivity contribution is -0.153. The molecule has 1 aromatic carbocycles. The van der Waals surface area contributed by atoms with Crippen molar-refractivity contribution in [2.24, 2.45) is 0 Å². The van der Waals surface area contributed by atoms with Gasteiger partial charge in [0, 0.05) is 12.3 Å². The molecule has 2 aliphatic heterocycles. The minimum Gasteiger partial charge on any atom is -0.482 e. The van der Waals surface area contributed by atoms with Crippen molar-refractivity contribution in [1.29, 1.82) is 5.26 Å². The van der Waals surface area contributed by atoms with Gasteiger partial charge < -0.3 is 19.1 Å². The SMILES string of the molecule is CC1Oc2ccccc2OC1C(=O)N1CC(Oc2ccc(C#N)cn2)C1. The molecule has 0 saturated carbocycles. The van der Waals surface area contributed by atoms with Gasteiger partial charge in [0.1, 0.15) is 18.3 Å². The van der Waals surface area contributed by atoms with Crippen molar-refractivity contribution < 1.29 is 19.0 Å². The summed E-state index contributed by atoms with van der Waals surface area (Å²) >= 11 is 0. The van der Waals surface area contributed by atoms with Crippen LogP contribution >= 0.6 is 0 Å². The van der Waals surface area contributed by atoms with Gasteiger partial charge in [-0.25, -0.2) is 4.98 Å². The zero-order valence-corrected chi connectivity index (χ0v) is 14.2. The molecule has 7 nitrogen and oxygen atoms in total. The quantitative estimate of drug-likeness (QED) is 0.838. The predicted octanol–water partition coefficient (Wildman–Crippen LogP) is 1.77. The molecule has 0 bridgehead atoms. The Kier molecular flexibility index (Phi) is 4.09. The predicted molar refractivity (Wildman–Crippen MR) is 90.9 cm³/mol. The number of aromatic nitrogens is 1. The Morgan fingerprint density at radius 2 is 1.96 bits per heavy atom. The van der Waals surface area contributed by atoms with Crippen LogP contribution in [0.1, 0.15) is 12.5 Å². The number of fused-ring (bicyclic) bond motifs is 1. The van der Waals surface area contributed by atoms with E-state index >= 15 is 0 Å². The molecule has 2 aromatic rings. The minimum absolute atomic E-state index is 0.111. The maximum atomic E-state index is 12.7. The molecule has 0 radical (unpaired) electrons. The van der Waals surface area contributed by atoms with E-state index in [4.69, 9.17) is 19.5 Å². The number of hydrogen-bond donors (Lipinski definition) is 0. The molecule has 1 amide bonds. The van der Waals surface area contributed by atoms with Crippen LogP contribution in [0.4, 0.5) is 0 Å². The van der Waals surface area contributed by atoms with Crippen molar-refractivity contribution >= 4 is 5.91 Å². The van der Waals surface area contributed by atoms with E-state index in [2.05, 4.69) is 4.98 Å². The summed E-state index contributed by atoms with van der Waals surface area (Å²) < 4.78 is 17.3. The fourth-order valence-corrected chi connectivity index (χ4v) is 2.95. The number of benzene rings is 1. The minimum atomic E-state index is -0.668. The highest BCUT2D eigenvalue weighted by atomic mass is 16.6. The first-order chi connectivity index (χ1) is 12.6. The van der Waals surface area contributed by atoms with Gasteiger partial charge in [-0.3, -0.25) is 4.79 Å². The maximum absolute atomic E-state index is 12.7. The van der Waals surface area contributed by atoms with E-state index in [1.165, 1.54) is 6.20 Å². The van der Waals surface area contributed by atoms with Gasteiger partial charge in [-0.2, -0.15) is 5.26 Å². The molecule has 0 aliphatic carbocycles. The molecule has 1 aromatic heterocycles. The number of nitriles is 1. The van der Waals surface area contributed by atoms with Crippen LogP contribution in [-0.4, -0.2) is 47.2 Å². The lowest BCUT2D eigenvalue weighted by Gasteiger charge is -2.42. The van der Waals surface area contributed by atoms with Crippen molar-refractivity contribution in [2.75, 3.05) is 13.1 Å². The number of ether oxygens (including phenoxy) is 3. The van der Waals surface area contributed by atoms with Crippen LogP contribution in [0.3, 0.4) is 0 Å². The monoisotopic (exact) mass is 351 g/mol. The standard InChI is InChI=1S/C19H17N3O4/c1-12-18(26-16-5-3-2-4-15(16)24-12)19(23)22-10-14(11-22)25-17-7-6-13(8-20)9-21-17/h2-7,9,12,14,18H,10-11H2,1H3. The van der Waals surface area contributed by atoms with E-state index in [1.807, 2.05) is 31.2 Å². The van der Waals surface area contributed by atoms with Crippen LogP contribution < -0.4 is 14.2 Å². The van der Waals surface area contributed by atoms with Gasteiger partial charge >= 0.3 is 0 Å². The average Bonchev–Trinajstić information content (AvgIpc) is 2.63. The molecule has 1 fully saturated rings. The number of hydrogen-bond acceptors (Lipinski definition) is 6. The van der Waals surface area contributed by atoms with Gasteiger partial charge in [0.05, 0.1) is 18.7 Å². The number of para-hydroxylation sites is 2. The van der Waals surface area contributed by atoms with Gasteiger partial charge in [-0.05, 0) is 25.1 Å². The Balaban J connectivity index is 1.34. The Bertz CT molecular complexity index is 856. The molecule has 3 heterocycles. The van der Waals surface area contributed by atoms with Crippen molar-refractivity contribution in [2.45, 2.75) is 25.2 Å². The summed E-state index contributed by atoms with van der Waals surface area (Å²) in [7, 11) is 0. The lowest BCUT2D eigenvalue weighted by atomic mass is 10.1. The number of carbonyl (C=O) groups excluding carboxylic acids is 1. The van der Waals surface area contributed by atoms with E-state index in [1.54, 1.807) is 23.1 Å². The van der Waals surface area contributed by atoms with E-state index in [0.717, 1.165) is 0 Å². The van der Waals surface area contributed by atoms with Gasteiger partial charge in [0.2, 0.25) is 12.0 Å². The molecule has 26 heavy (non-hydrogen) atoms. The summed E-state index contributed by atoms with van der Waals surface area (Å²) in [6.07, 6.45) is 0.311. The number of carbonyl (C=O) groups is 1. The third-order valence-electron chi connectivity index (χ3n) is 4.40. The maximum Gasteiger partial charge on any atom is 0.267 e. The second-order valence-electron chi connectivity index (χ2n) is 6.29. The smallest absolute Gasteiger partial charge is 0.267 e. The number of likely N-dealkylation sites (tertiary alicyclic amines) is 1. The van der Waals surface area contributed by atoms with Crippen LogP contribution in [-0.2, 0) is 4.79 Å². The second-order valence-corrected chi connectivity index (χ2v) is 6.29. The number of amides is 1. The van der Waals surface area contributed by atoms with Crippen LogP contribution in [0.2, 0.25) is 0 Å². The lowest BCUT2D eigenvalue weighted by Crippen LogP contribution is -2.61. The first kappa shape index (κ1) is 16.2. The highest BCUT2D eigenvalue weighted by Gasteiger charge is 2.42. The Labute approximate surface area is 150 Å². The highest BCUT2D eigenvalue weighted by Crippen LogP contribution is 2.34. The van der Waals surface area contributed by atoms with Gasteiger partial charge in [0.25, 0.3) is 5.91 Å². The zero-order valence-electron chi connectivity index (χ0n) is 14.2. The molecule has 0 spiro atoms. The van der Waals surface area contributed by atoms with Gasteiger partial charge in [0.15, 0.2) is 11.5 Å². The molecule has 0 N–H and O–H groups in total. The fraction of sp³-hybridized carbons (Fsp3) is 0.316. The van der Waals surface area contributed by atoms with Crippen molar-refractivity contribution in [3.05, 3.63) is 48.2 Å². The summed E-state index contributed by atoms with van der Waals surface area (Å²) in [6, 6.07) is 12.6. The number of rotatable bonds is 3. The molecule has 2 unspecified atom stereocenters. The van der Waals surface area contributed by atoms with Crippen LogP contribution in [0.15, 0.2) is 42.6 Å². The Morgan fingerprint density at radius 1 is 1.23 bits per heavy atom. The summed E-state index contributed by atoms with van der Waals surface area (Å²) in [4.78, 5) is 18.5. The van der Waals surface area contributed by atoms with Gasteiger partial charge in [-0.1, -0.05) is 12.1 Å². The molecule has 1 saturated heterocycles. The number of nitrogens with zero attached hydrogens (tertiary/aromatic N) is 3. The third kappa shape index (κ3) is 3.02. The normalized spacial score (nSPS) is 21.5. The number of pyridine rings is 1. The Hall–Kier alpha value is -3.27. The fourth-order valence-electron chi connectivity index (χ4n) is 2.95. The molecule has 132 valence electrons. The van der Waals surface area contributed by atoms with E-state index in [0.29, 0.717) is 36.0 Å². The van der Waals surface area contributed by atoms with Crippen molar-refractivity contribution in [3.63, 3.8) is 0 Å². The first-order valence-corrected chi connectivity index (χ1v) is 8.38. The van der Waals surface area contributed by atoms with E-state index < -0.39 is 6.10 Å². The molecular formula is C19H17N3O4. The first-order valence-electron chi connectivity index (χ1n) is 8.38. The second kappa shape index (κ2) is 6.56. The molecule has 4 rings (SSSR count). The summed E-state index contributed by atoms with van der Waals surface area (Å²) in [5, 5.41) is 8.77. The van der Waals surface area contributed by atoms with Crippen molar-refractivity contribution in [3.8, 4) is 23.4 Å². The van der Waals surface area contributed by atoms with Gasteiger partial charge in [-0.15, -0.1) is 0 Å². The molecule has 2 atom stereocenters.